The molecule has 0 saturated carbocycles. The van der Waals surface area contributed by atoms with E-state index in [4.69, 9.17) is 4.74 Å². The molecule has 1 aromatic rings. The summed E-state index contributed by atoms with van der Waals surface area (Å²) in [5.74, 6) is -0.370. The summed E-state index contributed by atoms with van der Waals surface area (Å²) in [7, 11) is 1.53. The summed E-state index contributed by atoms with van der Waals surface area (Å²) in [5, 5.41) is 0. The number of methoxy groups -OCH3 is 1. The molecule has 12 heteroatoms. The van der Waals surface area contributed by atoms with Crippen molar-refractivity contribution in [2.24, 2.45) is 5.41 Å². The molecule has 2 amide bonds. The average Bonchev–Trinajstić information content (AvgIpc) is 3.19. The van der Waals surface area contributed by atoms with Gasteiger partial charge in [0.1, 0.15) is 5.75 Å². The summed E-state index contributed by atoms with van der Waals surface area (Å²) in [6, 6.07) is 7.14. The average molecular weight is 512 g/mol. The summed E-state index contributed by atoms with van der Waals surface area (Å²) < 4.78 is 95.4. The van der Waals surface area contributed by atoms with Gasteiger partial charge in [0, 0.05) is 39.0 Å². The van der Waals surface area contributed by atoms with E-state index in [1.807, 2.05) is 6.07 Å². The van der Waals surface area contributed by atoms with Crippen molar-refractivity contribution in [3.05, 3.63) is 29.8 Å². The molecule has 35 heavy (non-hydrogen) atoms. The van der Waals surface area contributed by atoms with Gasteiger partial charge in [0.2, 0.25) is 11.8 Å². The van der Waals surface area contributed by atoms with E-state index in [2.05, 4.69) is 0 Å². The van der Waals surface area contributed by atoms with Gasteiger partial charge < -0.3 is 14.5 Å². The van der Waals surface area contributed by atoms with Crippen LogP contribution in [0, 0.1) is 5.41 Å². The molecule has 2 saturated heterocycles. The molecule has 0 aliphatic carbocycles. The van der Waals surface area contributed by atoms with Crippen LogP contribution in [0.4, 0.5) is 30.7 Å². The van der Waals surface area contributed by atoms with E-state index in [0.29, 0.717) is 38.1 Å². The first-order valence-corrected chi connectivity index (χ1v) is 11.2. The van der Waals surface area contributed by atoms with Gasteiger partial charge in [-0.2, -0.15) is 26.3 Å². The number of carbonyl (C=O) groups excluding carboxylic acids is 2. The van der Waals surface area contributed by atoms with Crippen LogP contribution in [0.2, 0.25) is 0 Å². The van der Waals surface area contributed by atoms with Crippen LogP contribution in [0.1, 0.15) is 37.7 Å². The highest BCUT2D eigenvalue weighted by atomic mass is 19.4. The molecule has 1 aromatic carbocycles. The molecular formula is C23H27F7N2O3. The first kappa shape index (κ1) is 27.1. The van der Waals surface area contributed by atoms with Gasteiger partial charge in [0.15, 0.2) is 0 Å². The van der Waals surface area contributed by atoms with Gasteiger partial charge in [-0.15, -0.1) is 0 Å². The van der Waals surface area contributed by atoms with Crippen molar-refractivity contribution in [2.75, 3.05) is 33.3 Å². The van der Waals surface area contributed by atoms with Crippen LogP contribution < -0.4 is 4.74 Å². The standard InChI is InChI=1S/C23H27F7N2O3/c1-35-17-4-2-3-16(13-17)14-19(34)31-10-7-20(8-11-31)9-12-32(15-20)18(33)5-6-21(24,22(25,26)27)23(28,29)30/h2-4,13H,5-12,14-15H2,1H3. The van der Waals surface area contributed by atoms with Crippen LogP contribution in [0.5, 0.6) is 5.75 Å². The molecule has 0 aromatic heterocycles. The van der Waals surface area contributed by atoms with E-state index in [9.17, 15) is 40.3 Å². The van der Waals surface area contributed by atoms with E-state index in [1.54, 1.807) is 23.1 Å². The predicted octanol–water partition coefficient (Wildman–Crippen LogP) is 4.69. The highest BCUT2D eigenvalue weighted by Crippen LogP contribution is 2.49. The van der Waals surface area contributed by atoms with Gasteiger partial charge in [-0.1, -0.05) is 12.1 Å². The van der Waals surface area contributed by atoms with Crippen molar-refractivity contribution < 1.29 is 45.1 Å². The lowest BCUT2D eigenvalue weighted by Crippen LogP contribution is -2.53. The smallest absolute Gasteiger partial charge is 0.431 e. The molecule has 1 spiro atoms. The number of piperidine rings is 1. The molecule has 0 unspecified atom stereocenters. The maximum absolute atomic E-state index is 13.9. The number of hydrogen-bond acceptors (Lipinski definition) is 3. The Kier molecular flexibility index (Phi) is 7.61. The van der Waals surface area contributed by atoms with Crippen molar-refractivity contribution in [2.45, 2.75) is 56.5 Å². The molecule has 5 nitrogen and oxygen atoms in total. The van der Waals surface area contributed by atoms with Crippen molar-refractivity contribution in [3.8, 4) is 5.75 Å². The Labute approximate surface area is 198 Å². The van der Waals surface area contributed by atoms with Crippen LogP contribution in [0.25, 0.3) is 0 Å². The van der Waals surface area contributed by atoms with Crippen LogP contribution in [0.15, 0.2) is 24.3 Å². The Hall–Kier alpha value is -2.53. The number of ether oxygens (including phenoxy) is 1. The minimum absolute atomic E-state index is 0.0716. The second kappa shape index (κ2) is 9.85. The predicted molar refractivity (Wildman–Crippen MR) is 111 cm³/mol. The summed E-state index contributed by atoms with van der Waals surface area (Å²) in [6.45, 7) is 1.20. The molecule has 0 N–H and O–H groups in total. The molecule has 3 rings (SSSR count). The number of amides is 2. The van der Waals surface area contributed by atoms with Crippen molar-refractivity contribution in [3.63, 3.8) is 0 Å². The second-order valence-corrected chi connectivity index (χ2v) is 9.27. The topological polar surface area (TPSA) is 49.9 Å². The molecule has 0 atom stereocenters. The molecule has 2 aliphatic rings. The monoisotopic (exact) mass is 512 g/mol. The fraction of sp³-hybridized carbons (Fsp3) is 0.652. The van der Waals surface area contributed by atoms with Gasteiger partial charge in [-0.25, -0.2) is 4.39 Å². The van der Waals surface area contributed by atoms with Crippen LogP contribution in [0.3, 0.4) is 0 Å². The number of nitrogens with zero attached hydrogens (tertiary/aromatic N) is 2. The number of hydrogen-bond donors (Lipinski definition) is 0. The Morgan fingerprint density at radius 2 is 1.49 bits per heavy atom. The summed E-state index contributed by atoms with van der Waals surface area (Å²) >= 11 is 0. The van der Waals surface area contributed by atoms with Crippen molar-refractivity contribution in [1.29, 1.82) is 0 Å². The Bertz CT molecular complexity index is 910. The molecule has 0 radical (unpaired) electrons. The Morgan fingerprint density at radius 3 is 2.03 bits per heavy atom. The number of benzene rings is 1. The SMILES string of the molecule is COc1cccc(CC(=O)N2CCC3(CC2)CCN(C(=O)CCC(F)(C(F)(F)F)C(F)(F)F)C3)c1. The Morgan fingerprint density at radius 1 is 0.914 bits per heavy atom. The number of halogens is 7. The Balaban J connectivity index is 1.52. The molecule has 0 bridgehead atoms. The zero-order valence-electron chi connectivity index (χ0n) is 19.1. The zero-order chi connectivity index (χ0) is 26.1. The largest absolute Gasteiger partial charge is 0.497 e. The number of likely N-dealkylation sites (tertiary alicyclic amines) is 2. The summed E-state index contributed by atoms with van der Waals surface area (Å²) in [6.07, 6.45) is -13.7. The van der Waals surface area contributed by atoms with Crippen LogP contribution in [-0.4, -0.2) is 72.9 Å². The van der Waals surface area contributed by atoms with Crippen LogP contribution >= 0.6 is 0 Å². The molecule has 2 aliphatic heterocycles. The highest BCUT2D eigenvalue weighted by molar-refractivity contribution is 5.79. The maximum Gasteiger partial charge on any atom is 0.431 e. The lowest BCUT2D eigenvalue weighted by atomic mass is 9.77. The van der Waals surface area contributed by atoms with E-state index in [1.165, 1.54) is 12.0 Å². The second-order valence-electron chi connectivity index (χ2n) is 9.27. The molecular weight excluding hydrogens is 485 g/mol. The first-order valence-electron chi connectivity index (χ1n) is 11.2. The summed E-state index contributed by atoms with van der Waals surface area (Å²) in [4.78, 5) is 28.0. The van der Waals surface area contributed by atoms with Gasteiger partial charge in [0.05, 0.1) is 13.5 Å². The molecule has 2 heterocycles. The van der Waals surface area contributed by atoms with E-state index in [0.717, 1.165) is 5.56 Å². The number of carbonyl (C=O) groups is 2. The van der Waals surface area contributed by atoms with Crippen LogP contribution in [-0.2, 0) is 16.0 Å². The van der Waals surface area contributed by atoms with Crippen molar-refractivity contribution >= 4 is 11.8 Å². The van der Waals surface area contributed by atoms with E-state index in [-0.39, 0.29) is 30.8 Å². The van der Waals surface area contributed by atoms with E-state index < -0.39 is 36.8 Å². The van der Waals surface area contributed by atoms with E-state index >= 15 is 0 Å². The zero-order valence-corrected chi connectivity index (χ0v) is 19.1. The quantitative estimate of drug-likeness (QED) is 0.520. The third-order valence-corrected chi connectivity index (χ3v) is 7.04. The fourth-order valence-electron chi connectivity index (χ4n) is 4.74. The number of rotatable bonds is 6. The van der Waals surface area contributed by atoms with Crippen molar-refractivity contribution in [1.82, 2.24) is 9.80 Å². The highest BCUT2D eigenvalue weighted by Gasteiger charge is 2.72. The maximum atomic E-state index is 13.9. The third kappa shape index (κ3) is 5.83. The van der Waals surface area contributed by atoms with Gasteiger partial charge in [-0.05, 0) is 42.4 Å². The first-order chi connectivity index (χ1) is 16.2. The minimum atomic E-state index is -6.16. The van der Waals surface area contributed by atoms with Gasteiger partial charge >= 0.3 is 12.4 Å². The lowest BCUT2D eigenvalue weighted by molar-refractivity contribution is -0.343. The molecule has 2 fully saturated rings. The number of alkyl halides is 7. The third-order valence-electron chi connectivity index (χ3n) is 7.04. The minimum Gasteiger partial charge on any atom is -0.497 e. The molecule has 196 valence electrons. The fourth-order valence-corrected chi connectivity index (χ4v) is 4.74. The normalized spacial score (nSPS) is 18.7. The van der Waals surface area contributed by atoms with Gasteiger partial charge in [0.25, 0.3) is 5.67 Å². The lowest BCUT2D eigenvalue weighted by Gasteiger charge is -2.39. The van der Waals surface area contributed by atoms with Gasteiger partial charge in [-0.3, -0.25) is 9.59 Å². The summed E-state index contributed by atoms with van der Waals surface area (Å²) in [5.41, 5.74) is -4.99.